The van der Waals surface area contributed by atoms with Crippen molar-refractivity contribution >= 4 is 23.4 Å². The lowest BCUT2D eigenvalue weighted by Crippen LogP contribution is -2.31. The van der Waals surface area contributed by atoms with Gasteiger partial charge in [0.05, 0.1) is 5.75 Å². The summed E-state index contributed by atoms with van der Waals surface area (Å²) < 4.78 is 0. The normalized spacial score (nSPS) is 10.3. The van der Waals surface area contributed by atoms with E-state index in [-0.39, 0.29) is 5.91 Å². The fourth-order valence-electron chi connectivity index (χ4n) is 1.97. The summed E-state index contributed by atoms with van der Waals surface area (Å²) >= 11 is 1.57. The summed E-state index contributed by atoms with van der Waals surface area (Å²) in [7, 11) is 0. The first-order valence-corrected chi connectivity index (χ1v) is 7.97. The van der Waals surface area contributed by atoms with E-state index in [1.165, 1.54) is 0 Å². The van der Waals surface area contributed by atoms with Crippen molar-refractivity contribution in [3.8, 4) is 0 Å². The second-order valence-corrected chi connectivity index (χ2v) is 5.80. The van der Waals surface area contributed by atoms with Gasteiger partial charge in [-0.3, -0.25) is 4.79 Å². The minimum Gasteiger partial charge on any atom is -0.399 e. The largest absolute Gasteiger partial charge is 0.399 e. The highest BCUT2D eigenvalue weighted by Gasteiger charge is 2.12. The molecule has 0 spiro atoms. The standard InChI is InChI=1S/C17H20N2OS/c1-2-19(12-14-8-10-15(18)11-9-14)17(20)13-21-16-6-4-3-5-7-16/h3-11H,2,12-13,18H2,1H3. The Morgan fingerprint density at radius 3 is 2.38 bits per heavy atom. The van der Waals surface area contributed by atoms with Gasteiger partial charge in [0.1, 0.15) is 0 Å². The molecule has 2 N–H and O–H groups in total. The number of carbonyl (C=O) groups is 1. The minimum atomic E-state index is 0.156. The van der Waals surface area contributed by atoms with Crippen molar-refractivity contribution in [2.24, 2.45) is 0 Å². The Kier molecular flexibility index (Phi) is 5.69. The van der Waals surface area contributed by atoms with E-state index in [0.717, 1.165) is 16.1 Å². The molecule has 4 heteroatoms. The number of anilines is 1. The molecule has 0 radical (unpaired) electrons. The molecule has 0 heterocycles. The van der Waals surface area contributed by atoms with Crippen molar-refractivity contribution in [2.45, 2.75) is 18.4 Å². The monoisotopic (exact) mass is 300 g/mol. The van der Waals surface area contributed by atoms with Crippen molar-refractivity contribution in [3.05, 3.63) is 60.2 Å². The quantitative estimate of drug-likeness (QED) is 0.657. The van der Waals surface area contributed by atoms with Gasteiger partial charge in [-0.2, -0.15) is 0 Å². The smallest absolute Gasteiger partial charge is 0.233 e. The van der Waals surface area contributed by atoms with Gasteiger partial charge in [-0.05, 0) is 36.8 Å². The third-order valence-corrected chi connectivity index (χ3v) is 4.19. The molecular formula is C17H20N2OS. The highest BCUT2D eigenvalue weighted by Crippen LogP contribution is 2.18. The molecule has 2 aromatic rings. The van der Waals surface area contributed by atoms with Crippen molar-refractivity contribution in [3.63, 3.8) is 0 Å². The molecule has 0 unspecified atom stereocenters. The Morgan fingerprint density at radius 2 is 1.76 bits per heavy atom. The van der Waals surface area contributed by atoms with Gasteiger partial charge in [-0.25, -0.2) is 0 Å². The molecule has 0 saturated carbocycles. The van der Waals surface area contributed by atoms with Gasteiger partial charge < -0.3 is 10.6 Å². The third-order valence-electron chi connectivity index (χ3n) is 3.19. The number of nitrogens with two attached hydrogens (primary N) is 1. The van der Waals surface area contributed by atoms with Crippen LogP contribution in [0.4, 0.5) is 5.69 Å². The van der Waals surface area contributed by atoms with Gasteiger partial charge in [-0.15, -0.1) is 11.8 Å². The summed E-state index contributed by atoms with van der Waals surface area (Å²) in [6.07, 6.45) is 0. The van der Waals surface area contributed by atoms with Crippen LogP contribution in [-0.2, 0) is 11.3 Å². The topological polar surface area (TPSA) is 46.3 Å². The van der Waals surface area contributed by atoms with Crippen LogP contribution < -0.4 is 5.73 Å². The Hall–Kier alpha value is -1.94. The minimum absolute atomic E-state index is 0.156. The SMILES string of the molecule is CCN(Cc1ccc(N)cc1)C(=O)CSc1ccccc1. The fraction of sp³-hybridized carbons (Fsp3) is 0.235. The Balaban J connectivity index is 1.90. The molecule has 0 aromatic heterocycles. The molecule has 2 aromatic carbocycles. The molecule has 110 valence electrons. The molecule has 0 saturated heterocycles. The molecule has 3 nitrogen and oxygen atoms in total. The number of hydrogen-bond acceptors (Lipinski definition) is 3. The number of rotatable bonds is 6. The summed E-state index contributed by atoms with van der Waals surface area (Å²) in [4.78, 5) is 15.3. The Bertz CT molecular complexity index is 569. The molecule has 0 fully saturated rings. The van der Waals surface area contributed by atoms with Crippen molar-refractivity contribution in [2.75, 3.05) is 18.0 Å². The van der Waals surface area contributed by atoms with Gasteiger partial charge in [0.2, 0.25) is 5.91 Å². The molecular weight excluding hydrogens is 280 g/mol. The number of nitrogens with zero attached hydrogens (tertiary/aromatic N) is 1. The van der Waals surface area contributed by atoms with Crippen molar-refractivity contribution < 1.29 is 4.79 Å². The summed E-state index contributed by atoms with van der Waals surface area (Å²) in [5.74, 6) is 0.621. The maximum absolute atomic E-state index is 12.3. The highest BCUT2D eigenvalue weighted by atomic mass is 32.2. The van der Waals surface area contributed by atoms with Crippen LogP contribution in [0.2, 0.25) is 0 Å². The first kappa shape index (κ1) is 15.4. The van der Waals surface area contributed by atoms with E-state index in [9.17, 15) is 4.79 Å². The number of nitrogen functional groups attached to an aromatic ring is 1. The summed E-state index contributed by atoms with van der Waals surface area (Å²) in [5.41, 5.74) is 7.52. The van der Waals surface area contributed by atoms with Crippen LogP contribution in [0.3, 0.4) is 0 Å². The maximum atomic E-state index is 12.3. The fourth-order valence-corrected chi connectivity index (χ4v) is 2.80. The molecule has 0 atom stereocenters. The van der Waals surface area contributed by atoms with Crippen LogP contribution in [0.25, 0.3) is 0 Å². The maximum Gasteiger partial charge on any atom is 0.233 e. The molecule has 2 rings (SSSR count). The summed E-state index contributed by atoms with van der Waals surface area (Å²) in [6.45, 7) is 3.34. The van der Waals surface area contributed by atoms with Crippen LogP contribution in [0.15, 0.2) is 59.5 Å². The number of benzene rings is 2. The van der Waals surface area contributed by atoms with E-state index >= 15 is 0 Å². The Morgan fingerprint density at radius 1 is 1.10 bits per heavy atom. The number of amides is 1. The van der Waals surface area contributed by atoms with E-state index in [4.69, 9.17) is 5.73 Å². The third kappa shape index (κ3) is 4.83. The predicted octanol–water partition coefficient (Wildman–Crippen LogP) is 3.41. The first-order chi connectivity index (χ1) is 10.2. The van der Waals surface area contributed by atoms with Gasteiger partial charge in [-0.1, -0.05) is 30.3 Å². The van der Waals surface area contributed by atoms with E-state index in [1.54, 1.807) is 11.8 Å². The summed E-state index contributed by atoms with van der Waals surface area (Å²) in [5, 5.41) is 0. The Labute approximate surface area is 130 Å². The molecule has 0 aliphatic carbocycles. The zero-order chi connectivity index (χ0) is 15.1. The van der Waals surface area contributed by atoms with Crippen molar-refractivity contribution in [1.29, 1.82) is 0 Å². The molecule has 1 amide bonds. The van der Waals surface area contributed by atoms with Crippen molar-refractivity contribution in [1.82, 2.24) is 4.90 Å². The second kappa shape index (κ2) is 7.74. The lowest BCUT2D eigenvalue weighted by Gasteiger charge is -2.21. The van der Waals surface area contributed by atoms with E-state index < -0.39 is 0 Å². The summed E-state index contributed by atoms with van der Waals surface area (Å²) in [6, 6.07) is 17.7. The lowest BCUT2D eigenvalue weighted by atomic mass is 10.2. The van der Waals surface area contributed by atoms with Crippen LogP contribution >= 0.6 is 11.8 Å². The van der Waals surface area contributed by atoms with E-state index in [1.807, 2.05) is 66.4 Å². The molecule has 21 heavy (non-hydrogen) atoms. The van der Waals surface area contributed by atoms with Crippen LogP contribution in [0.5, 0.6) is 0 Å². The number of hydrogen-bond donors (Lipinski definition) is 1. The van der Waals surface area contributed by atoms with E-state index in [2.05, 4.69) is 0 Å². The molecule has 0 bridgehead atoms. The molecule has 0 aliphatic rings. The first-order valence-electron chi connectivity index (χ1n) is 6.99. The average Bonchev–Trinajstić information content (AvgIpc) is 2.53. The second-order valence-electron chi connectivity index (χ2n) is 4.75. The van der Waals surface area contributed by atoms with Gasteiger partial charge >= 0.3 is 0 Å². The lowest BCUT2D eigenvalue weighted by molar-refractivity contribution is -0.128. The predicted molar refractivity (Wildman–Crippen MR) is 89.1 cm³/mol. The zero-order valence-corrected chi connectivity index (χ0v) is 13.0. The van der Waals surface area contributed by atoms with Crippen LogP contribution in [0, 0.1) is 0 Å². The molecule has 0 aliphatic heterocycles. The van der Waals surface area contributed by atoms with Gasteiger partial charge in [0.25, 0.3) is 0 Å². The zero-order valence-electron chi connectivity index (χ0n) is 12.2. The number of carbonyl (C=O) groups excluding carboxylic acids is 1. The average molecular weight is 300 g/mol. The van der Waals surface area contributed by atoms with E-state index in [0.29, 0.717) is 18.8 Å². The number of thioether (sulfide) groups is 1. The highest BCUT2D eigenvalue weighted by molar-refractivity contribution is 8.00. The van der Waals surface area contributed by atoms with Crippen LogP contribution in [0.1, 0.15) is 12.5 Å². The van der Waals surface area contributed by atoms with Gasteiger partial charge in [0.15, 0.2) is 0 Å². The van der Waals surface area contributed by atoms with Gasteiger partial charge in [0, 0.05) is 23.7 Å². The van der Waals surface area contributed by atoms with Crippen LogP contribution in [-0.4, -0.2) is 23.1 Å².